The van der Waals surface area contributed by atoms with Crippen molar-refractivity contribution < 1.29 is 19.1 Å². The minimum Gasteiger partial charge on any atom is -0.497 e. The van der Waals surface area contributed by atoms with E-state index in [9.17, 15) is 9.59 Å². The maximum Gasteiger partial charge on any atom is 0.339 e. The van der Waals surface area contributed by atoms with Crippen molar-refractivity contribution in [2.75, 3.05) is 7.11 Å². The number of carbonyl (C=O) groups is 2. The van der Waals surface area contributed by atoms with Crippen LogP contribution in [0.3, 0.4) is 0 Å². The first-order valence-corrected chi connectivity index (χ1v) is 5.24. The van der Waals surface area contributed by atoms with Gasteiger partial charge >= 0.3 is 5.97 Å². The maximum atomic E-state index is 11.8. The highest BCUT2D eigenvalue weighted by Crippen LogP contribution is 2.19. The first kappa shape index (κ1) is 13.2. The molecule has 4 nitrogen and oxygen atoms in total. The topological polar surface area (TPSA) is 52.6 Å². The molecule has 0 N–H and O–H groups in total. The summed E-state index contributed by atoms with van der Waals surface area (Å²) in [7, 11) is 1.50. The summed E-state index contributed by atoms with van der Waals surface area (Å²) in [6.07, 6.45) is 0.613. The van der Waals surface area contributed by atoms with Gasteiger partial charge in [0, 0.05) is 5.56 Å². The Balaban J connectivity index is 3.05. The third kappa shape index (κ3) is 3.59. The van der Waals surface area contributed by atoms with E-state index in [2.05, 4.69) is 0 Å². The van der Waals surface area contributed by atoms with Crippen molar-refractivity contribution in [1.82, 2.24) is 0 Å². The molecule has 4 heteroatoms. The van der Waals surface area contributed by atoms with Crippen LogP contribution in [0.2, 0.25) is 0 Å². The lowest BCUT2D eigenvalue weighted by molar-refractivity contribution is 0.00682. The molecule has 0 radical (unpaired) electrons. The van der Waals surface area contributed by atoms with E-state index in [1.54, 1.807) is 26.8 Å². The van der Waals surface area contributed by atoms with Crippen LogP contribution in [0.1, 0.15) is 41.5 Å². The number of hydrogen-bond acceptors (Lipinski definition) is 4. The highest BCUT2D eigenvalue weighted by Gasteiger charge is 2.20. The molecule has 0 amide bonds. The third-order valence-corrected chi connectivity index (χ3v) is 2.00. The summed E-state index contributed by atoms with van der Waals surface area (Å²) >= 11 is 0. The Kier molecular flexibility index (Phi) is 3.89. The number of ether oxygens (including phenoxy) is 2. The van der Waals surface area contributed by atoms with Crippen molar-refractivity contribution in [2.24, 2.45) is 0 Å². The Bertz CT molecular complexity index is 430. The predicted molar refractivity (Wildman–Crippen MR) is 63.6 cm³/mol. The van der Waals surface area contributed by atoms with Crippen molar-refractivity contribution in [1.29, 1.82) is 0 Å². The van der Waals surface area contributed by atoms with Crippen LogP contribution in [-0.4, -0.2) is 25.0 Å². The fourth-order valence-electron chi connectivity index (χ4n) is 1.28. The van der Waals surface area contributed by atoms with E-state index in [0.29, 0.717) is 12.0 Å². The van der Waals surface area contributed by atoms with Gasteiger partial charge in [-0.15, -0.1) is 0 Å². The second-order valence-corrected chi connectivity index (χ2v) is 4.57. The summed E-state index contributed by atoms with van der Waals surface area (Å²) in [6.45, 7) is 5.32. The molecular weight excluding hydrogens is 220 g/mol. The van der Waals surface area contributed by atoms with Gasteiger partial charge in [-0.3, -0.25) is 4.79 Å². The minimum absolute atomic E-state index is 0.246. The summed E-state index contributed by atoms with van der Waals surface area (Å²) in [4.78, 5) is 22.7. The number of methoxy groups -OCH3 is 1. The van der Waals surface area contributed by atoms with Gasteiger partial charge in [-0.25, -0.2) is 4.79 Å². The summed E-state index contributed by atoms with van der Waals surface area (Å²) < 4.78 is 10.2. The standard InChI is InChI=1S/C13H16O4/c1-13(2,3)17-12(15)11-6-5-10(16-4)7-9(11)8-14/h5-8H,1-4H3. The molecule has 0 fully saturated rings. The van der Waals surface area contributed by atoms with Crippen LogP contribution in [0.5, 0.6) is 5.75 Å². The minimum atomic E-state index is -0.586. The molecule has 0 heterocycles. The van der Waals surface area contributed by atoms with Crippen LogP contribution in [0, 0.1) is 0 Å². The van der Waals surface area contributed by atoms with Gasteiger partial charge in [0.15, 0.2) is 6.29 Å². The molecule has 0 atom stereocenters. The van der Waals surface area contributed by atoms with Gasteiger partial charge in [-0.05, 0) is 39.0 Å². The van der Waals surface area contributed by atoms with E-state index < -0.39 is 11.6 Å². The molecule has 0 aliphatic carbocycles. The second kappa shape index (κ2) is 4.99. The molecule has 92 valence electrons. The molecule has 0 saturated carbocycles. The number of carbonyl (C=O) groups excluding carboxylic acids is 2. The van der Waals surface area contributed by atoms with E-state index in [1.807, 2.05) is 0 Å². The van der Waals surface area contributed by atoms with E-state index in [4.69, 9.17) is 9.47 Å². The highest BCUT2D eigenvalue weighted by atomic mass is 16.6. The van der Waals surface area contributed by atoms with Crippen molar-refractivity contribution in [3.63, 3.8) is 0 Å². The summed E-state index contributed by atoms with van der Waals surface area (Å²) in [5.41, 5.74) is -0.0775. The first-order chi connectivity index (χ1) is 7.87. The Morgan fingerprint density at radius 3 is 2.41 bits per heavy atom. The molecular formula is C13H16O4. The number of esters is 1. The molecule has 0 spiro atoms. The fourth-order valence-corrected chi connectivity index (χ4v) is 1.28. The third-order valence-electron chi connectivity index (χ3n) is 2.00. The van der Waals surface area contributed by atoms with Gasteiger partial charge in [-0.1, -0.05) is 0 Å². The lowest BCUT2D eigenvalue weighted by Gasteiger charge is -2.20. The number of aldehydes is 1. The van der Waals surface area contributed by atoms with Crippen molar-refractivity contribution >= 4 is 12.3 Å². The molecule has 0 saturated heterocycles. The van der Waals surface area contributed by atoms with Crippen LogP contribution in [-0.2, 0) is 4.74 Å². The Hall–Kier alpha value is -1.84. The van der Waals surface area contributed by atoms with Gasteiger partial charge in [0.1, 0.15) is 11.4 Å². The van der Waals surface area contributed by atoms with Crippen LogP contribution >= 0.6 is 0 Å². The molecule has 17 heavy (non-hydrogen) atoms. The van der Waals surface area contributed by atoms with Crippen LogP contribution in [0.15, 0.2) is 18.2 Å². The normalized spacial score (nSPS) is 10.8. The lowest BCUT2D eigenvalue weighted by Crippen LogP contribution is -2.24. The smallest absolute Gasteiger partial charge is 0.339 e. The average molecular weight is 236 g/mol. The predicted octanol–water partition coefficient (Wildman–Crippen LogP) is 2.46. The fraction of sp³-hybridized carbons (Fsp3) is 0.385. The van der Waals surface area contributed by atoms with Gasteiger partial charge in [0.05, 0.1) is 12.7 Å². The molecule has 1 aromatic carbocycles. The zero-order valence-corrected chi connectivity index (χ0v) is 10.4. The summed E-state index contributed by atoms with van der Waals surface area (Å²) in [6, 6.07) is 4.65. The van der Waals surface area contributed by atoms with Gasteiger partial charge in [0.25, 0.3) is 0 Å². The van der Waals surface area contributed by atoms with E-state index >= 15 is 0 Å². The quantitative estimate of drug-likeness (QED) is 0.597. The second-order valence-electron chi connectivity index (χ2n) is 4.57. The Labute approximate surface area is 101 Å². The molecule has 0 aliphatic rings. The van der Waals surface area contributed by atoms with Crippen molar-refractivity contribution in [2.45, 2.75) is 26.4 Å². The van der Waals surface area contributed by atoms with Crippen LogP contribution in [0.4, 0.5) is 0 Å². The van der Waals surface area contributed by atoms with Gasteiger partial charge < -0.3 is 9.47 Å². The molecule has 0 aliphatic heterocycles. The van der Waals surface area contributed by atoms with Crippen LogP contribution in [0.25, 0.3) is 0 Å². The van der Waals surface area contributed by atoms with Gasteiger partial charge in [-0.2, -0.15) is 0 Å². The largest absolute Gasteiger partial charge is 0.497 e. The summed E-state index contributed by atoms with van der Waals surface area (Å²) in [5.74, 6) is 0.0154. The van der Waals surface area contributed by atoms with Crippen molar-refractivity contribution in [3.8, 4) is 5.75 Å². The lowest BCUT2D eigenvalue weighted by atomic mass is 10.1. The number of hydrogen-bond donors (Lipinski definition) is 0. The monoisotopic (exact) mass is 236 g/mol. The van der Waals surface area contributed by atoms with Gasteiger partial charge in [0.2, 0.25) is 0 Å². The highest BCUT2D eigenvalue weighted by molar-refractivity contribution is 5.98. The number of rotatable bonds is 3. The first-order valence-electron chi connectivity index (χ1n) is 5.24. The number of benzene rings is 1. The zero-order valence-electron chi connectivity index (χ0n) is 10.4. The van der Waals surface area contributed by atoms with Crippen LogP contribution < -0.4 is 4.74 Å². The molecule has 1 aromatic rings. The van der Waals surface area contributed by atoms with Crippen molar-refractivity contribution in [3.05, 3.63) is 29.3 Å². The average Bonchev–Trinajstić information content (AvgIpc) is 2.25. The molecule has 1 rings (SSSR count). The van der Waals surface area contributed by atoms with E-state index in [0.717, 1.165) is 0 Å². The van der Waals surface area contributed by atoms with E-state index in [-0.39, 0.29) is 11.1 Å². The summed E-state index contributed by atoms with van der Waals surface area (Å²) in [5, 5.41) is 0. The van der Waals surface area contributed by atoms with E-state index in [1.165, 1.54) is 19.2 Å². The Morgan fingerprint density at radius 1 is 1.29 bits per heavy atom. The SMILES string of the molecule is COc1ccc(C(=O)OC(C)(C)C)c(C=O)c1. The molecule has 0 aromatic heterocycles. The molecule has 0 bridgehead atoms. The Morgan fingerprint density at radius 2 is 1.94 bits per heavy atom. The molecule has 0 unspecified atom stereocenters. The maximum absolute atomic E-state index is 11.8. The zero-order chi connectivity index (χ0) is 13.1.